The molecule has 1 atom stereocenters. The van der Waals surface area contributed by atoms with Gasteiger partial charge in [-0.1, -0.05) is 0 Å². The molecule has 3 heterocycles. The van der Waals surface area contributed by atoms with Crippen LogP contribution in [-0.4, -0.2) is 43.5 Å². The van der Waals surface area contributed by atoms with Crippen LogP contribution in [0.3, 0.4) is 0 Å². The molecule has 1 saturated heterocycles. The summed E-state index contributed by atoms with van der Waals surface area (Å²) >= 11 is 0. The number of rotatable bonds is 3. The number of aryl methyl sites for hydroxylation is 1. The first-order valence-corrected chi connectivity index (χ1v) is 7.65. The van der Waals surface area contributed by atoms with Crippen LogP contribution in [0, 0.1) is 0 Å². The Morgan fingerprint density at radius 1 is 1.41 bits per heavy atom. The second-order valence-corrected chi connectivity index (χ2v) is 5.53. The minimum absolute atomic E-state index is 0.0651. The topological polar surface area (TPSA) is 71.2 Å². The predicted octanol–water partition coefficient (Wildman–Crippen LogP) is 2.02. The van der Waals surface area contributed by atoms with Crippen molar-refractivity contribution in [2.45, 2.75) is 32.2 Å². The van der Waals surface area contributed by atoms with Crippen molar-refractivity contribution in [3.05, 3.63) is 42.2 Å². The molecule has 0 aromatic carbocycles. The number of aromatic hydroxyl groups is 1. The highest BCUT2D eigenvalue weighted by Gasteiger charge is 2.29. The van der Waals surface area contributed by atoms with E-state index in [0.29, 0.717) is 13.1 Å². The molecule has 1 N–H and O–H groups in total. The van der Waals surface area contributed by atoms with Crippen molar-refractivity contribution >= 4 is 5.91 Å². The Bertz CT molecular complexity index is 668. The SMILES string of the molecule is CCn1ccnc1C1CCCN(C(=O)c2ncccc2O)C1. The van der Waals surface area contributed by atoms with Crippen LogP contribution in [0.4, 0.5) is 0 Å². The smallest absolute Gasteiger partial charge is 0.276 e. The summed E-state index contributed by atoms with van der Waals surface area (Å²) in [7, 11) is 0. The van der Waals surface area contributed by atoms with Gasteiger partial charge in [-0.15, -0.1) is 0 Å². The number of pyridine rings is 1. The zero-order valence-electron chi connectivity index (χ0n) is 12.6. The molecule has 1 aliphatic heterocycles. The van der Waals surface area contributed by atoms with Gasteiger partial charge >= 0.3 is 0 Å². The lowest BCUT2D eigenvalue weighted by Crippen LogP contribution is -2.40. The maximum Gasteiger partial charge on any atom is 0.276 e. The number of nitrogens with zero attached hydrogens (tertiary/aromatic N) is 4. The highest BCUT2D eigenvalue weighted by atomic mass is 16.3. The monoisotopic (exact) mass is 300 g/mol. The fraction of sp³-hybridized carbons (Fsp3) is 0.438. The fourth-order valence-electron chi connectivity index (χ4n) is 3.03. The number of likely N-dealkylation sites (tertiary alicyclic amines) is 1. The minimum atomic E-state index is -0.211. The molecule has 1 aliphatic rings. The van der Waals surface area contributed by atoms with E-state index >= 15 is 0 Å². The summed E-state index contributed by atoms with van der Waals surface area (Å²) in [4.78, 5) is 22.8. The van der Waals surface area contributed by atoms with Crippen molar-refractivity contribution in [3.8, 4) is 5.75 Å². The Hall–Kier alpha value is -2.37. The molecule has 1 amide bonds. The first-order valence-electron chi connectivity index (χ1n) is 7.65. The van der Waals surface area contributed by atoms with Crippen molar-refractivity contribution in [1.82, 2.24) is 19.4 Å². The van der Waals surface area contributed by atoms with Gasteiger partial charge in [-0.05, 0) is 31.9 Å². The standard InChI is InChI=1S/C16H20N4O2/c1-2-19-10-8-18-15(19)12-5-4-9-20(11-12)16(22)14-13(21)6-3-7-17-14/h3,6-8,10,12,21H,2,4-5,9,11H2,1H3. The molecular weight excluding hydrogens is 280 g/mol. The molecule has 0 saturated carbocycles. The third-order valence-electron chi connectivity index (χ3n) is 4.15. The Balaban J connectivity index is 1.79. The average molecular weight is 300 g/mol. The van der Waals surface area contributed by atoms with Crippen LogP contribution in [-0.2, 0) is 6.54 Å². The molecule has 1 fully saturated rings. The molecule has 2 aromatic rings. The van der Waals surface area contributed by atoms with Crippen LogP contribution < -0.4 is 0 Å². The van der Waals surface area contributed by atoms with Gasteiger partial charge in [0.15, 0.2) is 5.69 Å². The Labute approximate surface area is 129 Å². The predicted molar refractivity (Wildman–Crippen MR) is 81.7 cm³/mol. The van der Waals surface area contributed by atoms with E-state index < -0.39 is 0 Å². The van der Waals surface area contributed by atoms with E-state index in [1.165, 1.54) is 12.3 Å². The lowest BCUT2D eigenvalue weighted by Gasteiger charge is -2.32. The van der Waals surface area contributed by atoms with E-state index in [0.717, 1.165) is 25.2 Å². The van der Waals surface area contributed by atoms with Crippen LogP contribution in [0.25, 0.3) is 0 Å². The summed E-state index contributed by atoms with van der Waals surface area (Å²) < 4.78 is 2.12. The molecule has 3 rings (SSSR count). The molecule has 1 unspecified atom stereocenters. The molecule has 6 nitrogen and oxygen atoms in total. The summed E-state index contributed by atoms with van der Waals surface area (Å²) in [5.74, 6) is 0.992. The van der Waals surface area contributed by atoms with Crippen molar-refractivity contribution < 1.29 is 9.90 Å². The van der Waals surface area contributed by atoms with E-state index in [-0.39, 0.29) is 23.3 Å². The van der Waals surface area contributed by atoms with Crippen LogP contribution in [0.1, 0.15) is 42.0 Å². The van der Waals surface area contributed by atoms with E-state index in [9.17, 15) is 9.90 Å². The van der Waals surface area contributed by atoms with Crippen LogP contribution in [0.2, 0.25) is 0 Å². The summed E-state index contributed by atoms with van der Waals surface area (Å²) in [6.07, 6.45) is 7.26. The van der Waals surface area contributed by atoms with Gasteiger partial charge in [-0.2, -0.15) is 0 Å². The number of carbonyl (C=O) groups is 1. The quantitative estimate of drug-likeness (QED) is 0.941. The maximum absolute atomic E-state index is 12.6. The first kappa shape index (κ1) is 14.6. The van der Waals surface area contributed by atoms with E-state index in [4.69, 9.17) is 0 Å². The van der Waals surface area contributed by atoms with E-state index in [1.54, 1.807) is 11.0 Å². The van der Waals surface area contributed by atoms with Gasteiger partial charge < -0.3 is 14.6 Å². The van der Waals surface area contributed by atoms with Crippen LogP contribution in [0.15, 0.2) is 30.7 Å². The molecule has 22 heavy (non-hydrogen) atoms. The molecule has 0 bridgehead atoms. The molecular formula is C16H20N4O2. The number of amides is 1. The molecule has 2 aromatic heterocycles. The normalized spacial score (nSPS) is 18.4. The molecule has 0 spiro atoms. The summed E-state index contributed by atoms with van der Waals surface area (Å²) in [6, 6.07) is 3.11. The number of aromatic nitrogens is 3. The highest BCUT2D eigenvalue weighted by molar-refractivity contribution is 5.94. The van der Waals surface area contributed by atoms with Gasteiger partial charge in [0.1, 0.15) is 11.6 Å². The van der Waals surface area contributed by atoms with Gasteiger partial charge in [-0.25, -0.2) is 9.97 Å². The number of hydrogen-bond acceptors (Lipinski definition) is 4. The third kappa shape index (κ3) is 2.68. The van der Waals surface area contributed by atoms with Crippen molar-refractivity contribution in [3.63, 3.8) is 0 Å². The fourth-order valence-corrected chi connectivity index (χ4v) is 3.03. The summed E-state index contributed by atoms with van der Waals surface area (Å²) in [5, 5.41) is 9.82. The molecule has 0 aliphatic carbocycles. The molecule has 116 valence electrons. The largest absolute Gasteiger partial charge is 0.505 e. The van der Waals surface area contributed by atoms with Crippen LogP contribution >= 0.6 is 0 Å². The number of carbonyl (C=O) groups excluding carboxylic acids is 1. The van der Waals surface area contributed by atoms with Gasteiger partial charge in [0, 0.05) is 44.1 Å². The second-order valence-electron chi connectivity index (χ2n) is 5.53. The molecule has 6 heteroatoms. The van der Waals surface area contributed by atoms with Crippen LogP contribution in [0.5, 0.6) is 5.75 Å². The number of hydrogen-bond donors (Lipinski definition) is 1. The maximum atomic E-state index is 12.6. The third-order valence-corrected chi connectivity index (χ3v) is 4.15. The van der Waals surface area contributed by atoms with Crippen molar-refractivity contribution in [1.29, 1.82) is 0 Å². The summed E-state index contributed by atoms with van der Waals surface area (Å²) in [5.41, 5.74) is 0.127. The Morgan fingerprint density at radius 2 is 2.27 bits per heavy atom. The van der Waals surface area contributed by atoms with Crippen molar-refractivity contribution in [2.75, 3.05) is 13.1 Å². The van der Waals surface area contributed by atoms with Gasteiger partial charge in [0.05, 0.1) is 0 Å². The zero-order chi connectivity index (χ0) is 15.5. The lowest BCUT2D eigenvalue weighted by atomic mass is 9.96. The second kappa shape index (κ2) is 6.17. The number of piperidine rings is 1. The van der Waals surface area contributed by atoms with Crippen molar-refractivity contribution in [2.24, 2.45) is 0 Å². The average Bonchev–Trinajstić information content (AvgIpc) is 3.03. The van der Waals surface area contributed by atoms with E-state index in [2.05, 4.69) is 21.5 Å². The number of imidazole rings is 1. The van der Waals surface area contributed by atoms with E-state index in [1.807, 2.05) is 12.4 Å². The lowest BCUT2D eigenvalue weighted by molar-refractivity contribution is 0.0694. The minimum Gasteiger partial charge on any atom is -0.505 e. The first-order chi connectivity index (χ1) is 10.7. The van der Waals surface area contributed by atoms with Gasteiger partial charge in [-0.3, -0.25) is 4.79 Å². The summed E-state index contributed by atoms with van der Waals surface area (Å²) in [6.45, 7) is 4.27. The zero-order valence-corrected chi connectivity index (χ0v) is 12.6. The van der Waals surface area contributed by atoms with Gasteiger partial charge in [0.25, 0.3) is 5.91 Å². The Morgan fingerprint density at radius 3 is 3.05 bits per heavy atom. The Kier molecular flexibility index (Phi) is 4.09. The molecule has 0 radical (unpaired) electrons. The van der Waals surface area contributed by atoms with Gasteiger partial charge in [0.2, 0.25) is 0 Å². The highest BCUT2D eigenvalue weighted by Crippen LogP contribution is 2.27.